The summed E-state index contributed by atoms with van der Waals surface area (Å²) in [7, 11) is 1.61. The quantitative estimate of drug-likeness (QED) is 0.760. The van der Waals surface area contributed by atoms with Crippen molar-refractivity contribution in [3.8, 4) is 0 Å². The number of hydrogen-bond donors (Lipinski definition) is 2. The molecule has 0 atom stereocenters. The largest absolute Gasteiger partial charge is 0.394 e. The van der Waals surface area contributed by atoms with E-state index < -0.39 is 5.54 Å². The molecule has 6 nitrogen and oxygen atoms in total. The number of carbonyl (C=O) groups excluding carboxylic acids is 1. The Kier molecular flexibility index (Phi) is 3.25. The van der Waals surface area contributed by atoms with E-state index in [9.17, 15) is 4.79 Å². The standard InChI is InChI=1S/C8H14N4O2S/c1-8(2,4-13)12(3)6(14)5-10-11-7(9)15-5/h13H,4H2,1-3H3,(H2,9,11). The highest BCUT2D eigenvalue weighted by Crippen LogP contribution is 2.18. The molecule has 0 bridgehead atoms. The molecule has 3 N–H and O–H groups in total. The van der Waals surface area contributed by atoms with Gasteiger partial charge in [-0.2, -0.15) is 0 Å². The van der Waals surface area contributed by atoms with Gasteiger partial charge in [0.25, 0.3) is 5.91 Å². The van der Waals surface area contributed by atoms with Crippen molar-refractivity contribution in [3.63, 3.8) is 0 Å². The zero-order chi connectivity index (χ0) is 11.6. The van der Waals surface area contributed by atoms with Gasteiger partial charge in [-0.05, 0) is 13.8 Å². The predicted octanol–water partition coefficient (Wildman–Crippen LogP) is -0.0368. The molecule has 1 amide bonds. The summed E-state index contributed by atoms with van der Waals surface area (Å²) in [6, 6.07) is 0. The van der Waals surface area contributed by atoms with Gasteiger partial charge in [-0.25, -0.2) is 0 Å². The summed E-state index contributed by atoms with van der Waals surface area (Å²) in [5.74, 6) is -0.289. The zero-order valence-electron chi connectivity index (χ0n) is 8.89. The predicted molar refractivity (Wildman–Crippen MR) is 57.6 cm³/mol. The molecule has 0 fully saturated rings. The first-order valence-corrected chi connectivity index (χ1v) is 5.18. The SMILES string of the molecule is CN(C(=O)c1nnc(N)s1)C(C)(C)CO. The number of likely N-dealkylation sites (N-methyl/N-ethyl adjacent to an activating group) is 1. The lowest BCUT2D eigenvalue weighted by Crippen LogP contribution is -2.47. The highest BCUT2D eigenvalue weighted by atomic mass is 32.1. The van der Waals surface area contributed by atoms with Crippen LogP contribution in [0, 0.1) is 0 Å². The second-order valence-electron chi connectivity index (χ2n) is 3.78. The minimum absolute atomic E-state index is 0.122. The molecule has 0 saturated heterocycles. The van der Waals surface area contributed by atoms with Gasteiger partial charge in [-0.1, -0.05) is 11.3 Å². The molecule has 0 saturated carbocycles. The summed E-state index contributed by atoms with van der Waals surface area (Å²) in [5, 5.41) is 16.8. The number of aliphatic hydroxyl groups is 1. The van der Waals surface area contributed by atoms with Gasteiger partial charge in [-0.15, -0.1) is 10.2 Å². The molecule has 0 aromatic carbocycles. The van der Waals surface area contributed by atoms with Crippen molar-refractivity contribution in [3.05, 3.63) is 5.01 Å². The van der Waals surface area contributed by atoms with Crippen molar-refractivity contribution in [2.24, 2.45) is 0 Å². The normalized spacial score (nSPS) is 11.5. The summed E-state index contributed by atoms with van der Waals surface area (Å²) < 4.78 is 0. The van der Waals surface area contributed by atoms with E-state index in [1.165, 1.54) is 4.90 Å². The number of nitrogen functional groups attached to an aromatic ring is 1. The molecule has 1 aromatic heterocycles. The Balaban J connectivity index is 2.86. The lowest BCUT2D eigenvalue weighted by molar-refractivity contribution is 0.0472. The van der Waals surface area contributed by atoms with Crippen LogP contribution in [0.15, 0.2) is 0 Å². The minimum Gasteiger partial charge on any atom is -0.394 e. The molecular weight excluding hydrogens is 216 g/mol. The van der Waals surface area contributed by atoms with Crippen LogP contribution in [-0.4, -0.2) is 45.3 Å². The molecule has 0 aliphatic carbocycles. The molecule has 1 rings (SSSR count). The summed E-state index contributed by atoms with van der Waals surface area (Å²) in [4.78, 5) is 13.3. The third-order valence-corrected chi connectivity index (χ3v) is 2.96. The van der Waals surface area contributed by atoms with Crippen molar-refractivity contribution in [1.82, 2.24) is 15.1 Å². The number of hydrogen-bond acceptors (Lipinski definition) is 6. The van der Waals surface area contributed by atoms with Gasteiger partial charge >= 0.3 is 0 Å². The van der Waals surface area contributed by atoms with Crippen molar-refractivity contribution >= 4 is 22.4 Å². The number of aromatic nitrogens is 2. The average molecular weight is 230 g/mol. The summed E-state index contributed by atoms with van der Waals surface area (Å²) >= 11 is 1.03. The summed E-state index contributed by atoms with van der Waals surface area (Å²) in [6.07, 6.45) is 0. The smallest absolute Gasteiger partial charge is 0.285 e. The average Bonchev–Trinajstić information content (AvgIpc) is 2.62. The molecule has 0 radical (unpaired) electrons. The van der Waals surface area contributed by atoms with Crippen molar-refractivity contribution in [2.45, 2.75) is 19.4 Å². The van der Waals surface area contributed by atoms with Crippen LogP contribution in [0.5, 0.6) is 0 Å². The van der Waals surface area contributed by atoms with Gasteiger partial charge < -0.3 is 15.7 Å². The third-order valence-electron chi connectivity index (χ3n) is 2.22. The first kappa shape index (κ1) is 11.9. The van der Waals surface area contributed by atoms with Gasteiger partial charge in [0.1, 0.15) is 0 Å². The number of anilines is 1. The van der Waals surface area contributed by atoms with E-state index in [4.69, 9.17) is 10.8 Å². The molecule has 1 heterocycles. The fourth-order valence-electron chi connectivity index (χ4n) is 0.845. The van der Waals surface area contributed by atoms with Gasteiger partial charge in [0.2, 0.25) is 10.1 Å². The van der Waals surface area contributed by atoms with Crippen molar-refractivity contribution < 1.29 is 9.90 Å². The number of nitrogens with zero attached hydrogens (tertiary/aromatic N) is 3. The van der Waals surface area contributed by atoms with Gasteiger partial charge in [-0.3, -0.25) is 4.79 Å². The van der Waals surface area contributed by atoms with Crippen LogP contribution in [-0.2, 0) is 0 Å². The second kappa shape index (κ2) is 4.11. The van der Waals surface area contributed by atoms with E-state index in [0.717, 1.165) is 11.3 Å². The highest BCUT2D eigenvalue weighted by molar-refractivity contribution is 7.16. The van der Waals surface area contributed by atoms with E-state index >= 15 is 0 Å². The molecule has 0 aliphatic rings. The number of amides is 1. The van der Waals surface area contributed by atoms with Crippen molar-refractivity contribution in [2.75, 3.05) is 19.4 Å². The summed E-state index contributed by atoms with van der Waals surface area (Å²) in [5.41, 5.74) is 4.76. The Morgan fingerprint density at radius 2 is 2.20 bits per heavy atom. The van der Waals surface area contributed by atoms with E-state index in [0.29, 0.717) is 0 Å². The van der Waals surface area contributed by atoms with Crippen LogP contribution in [0.4, 0.5) is 5.13 Å². The Labute approximate surface area is 91.7 Å². The molecule has 7 heteroatoms. The fraction of sp³-hybridized carbons (Fsp3) is 0.625. The van der Waals surface area contributed by atoms with Gasteiger partial charge in [0.05, 0.1) is 12.1 Å². The molecule has 0 unspecified atom stereocenters. The number of nitrogens with two attached hydrogens (primary N) is 1. The van der Waals surface area contributed by atoms with E-state index in [1.807, 2.05) is 0 Å². The van der Waals surface area contributed by atoms with Crippen LogP contribution in [0.1, 0.15) is 23.6 Å². The van der Waals surface area contributed by atoms with Crippen molar-refractivity contribution in [1.29, 1.82) is 0 Å². The molecule has 15 heavy (non-hydrogen) atoms. The van der Waals surface area contributed by atoms with Crippen LogP contribution >= 0.6 is 11.3 Å². The molecule has 0 spiro atoms. The lowest BCUT2D eigenvalue weighted by atomic mass is 10.1. The maximum atomic E-state index is 11.8. The van der Waals surface area contributed by atoms with Gasteiger partial charge in [0.15, 0.2) is 0 Å². The lowest BCUT2D eigenvalue weighted by Gasteiger charge is -2.33. The van der Waals surface area contributed by atoms with Crippen LogP contribution in [0.3, 0.4) is 0 Å². The maximum absolute atomic E-state index is 11.8. The zero-order valence-corrected chi connectivity index (χ0v) is 9.71. The first-order chi connectivity index (χ1) is 6.88. The minimum atomic E-state index is -0.627. The first-order valence-electron chi connectivity index (χ1n) is 4.36. The fourth-order valence-corrected chi connectivity index (χ4v) is 1.43. The third kappa shape index (κ3) is 2.42. The molecule has 1 aromatic rings. The maximum Gasteiger partial charge on any atom is 0.285 e. The molecular formula is C8H14N4O2S. The number of aliphatic hydroxyl groups excluding tert-OH is 1. The Bertz CT molecular complexity index is 363. The Morgan fingerprint density at radius 1 is 1.60 bits per heavy atom. The molecule has 0 aliphatic heterocycles. The monoisotopic (exact) mass is 230 g/mol. The highest BCUT2D eigenvalue weighted by Gasteiger charge is 2.29. The summed E-state index contributed by atoms with van der Waals surface area (Å²) in [6.45, 7) is 3.40. The molecule has 84 valence electrons. The van der Waals surface area contributed by atoms with E-state index in [2.05, 4.69) is 10.2 Å². The van der Waals surface area contributed by atoms with Crippen LogP contribution in [0.2, 0.25) is 0 Å². The van der Waals surface area contributed by atoms with Crippen LogP contribution < -0.4 is 5.73 Å². The topological polar surface area (TPSA) is 92.3 Å². The van der Waals surface area contributed by atoms with E-state index in [1.54, 1.807) is 20.9 Å². The number of rotatable bonds is 3. The second-order valence-corrected chi connectivity index (χ2v) is 4.79. The van der Waals surface area contributed by atoms with E-state index in [-0.39, 0.29) is 22.7 Å². The van der Waals surface area contributed by atoms with Gasteiger partial charge in [0, 0.05) is 7.05 Å². The van der Waals surface area contributed by atoms with Crippen LogP contribution in [0.25, 0.3) is 0 Å². The Hall–Kier alpha value is -1.21. The Morgan fingerprint density at radius 3 is 2.60 bits per heavy atom. The number of carbonyl (C=O) groups is 1.